The van der Waals surface area contributed by atoms with E-state index in [2.05, 4.69) is 4.99 Å². The van der Waals surface area contributed by atoms with Gasteiger partial charge in [-0.1, -0.05) is 11.6 Å². The maximum absolute atomic E-state index is 13.3. The molecule has 0 heterocycles. The molecule has 0 aromatic heterocycles. The van der Waals surface area contributed by atoms with Gasteiger partial charge >= 0.3 is 0 Å². The lowest BCUT2D eigenvalue weighted by molar-refractivity contribution is 0.254. The van der Waals surface area contributed by atoms with Crippen molar-refractivity contribution in [3.8, 4) is 0 Å². The normalized spacial score (nSPS) is 17.4. The third kappa shape index (κ3) is 1.66. The van der Waals surface area contributed by atoms with E-state index in [1.165, 1.54) is 12.1 Å². The lowest BCUT2D eigenvalue weighted by Gasteiger charge is -2.38. The summed E-state index contributed by atoms with van der Waals surface area (Å²) in [6.07, 6.45) is 4.08. The molecule has 0 amide bonds. The van der Waals surface area contributed by atoms with Gasteiger partial charge in [0.1, 0.15) is 5.82 Å². The van der Waals surface area contributed by atoms with E-state index < -0.39 is 11.4 Å². The number of isocyanates is 1. The molecule has 2 rings (SSSR count). The van der Waals surface area contributed by atoms with Crippen LogP contribution in [0.3, 0.4) is 0 Å². The summed E-state index contributed by atoms with van der Waals surface area (Å²) in [6.45, 7) is 1.82. The molecule has 0 spiro atoms. The third-order valence-corrected chi connectivity index (χ3v) is 3.64. The highest BCUT2D eigenvalue weighted by atomic mass is 35.5. The zero-order valence-electron chi connectivity index (χ0n) is 8.89. The maximum Gasteiger partial charge on any atom is 0.235 e. The molecule has 1 saturated carbocycles. The van der Waals surface area contributed by atoms with E-state index in [1.807, 2.05) is 6.92 Å². The standard InChI is InChI=1S/C12H11ClFNO/c1-8-10(5-9(14)6-11(8)13)12(15-7-16)3-2-4-12/h5-6H,2-4H2,1H3. The summed E-state index contributed by atoms with van der Waals surface area (Å²) < 4.78 is 13.3. The van der Waals surface area contributed by atoms with E-state index in [0.29, 0.717) is 10.6 Å². The van der Waals surface area contributed by atoms with Crippen LogP contribution in [0.15, 0.2) is 17.1 Å². The minimum Gasteiger partial charge on any atom is -0.211 e. The molecule has 1 aliphatic carbocycles. The number of nitrogens with zero attached hydrogens (tertiary/aromatic N) is 1. The Labute approximate surface area is 98.1 Å². The van der Waals surface area contributed by atoms with Gasteiger partial charge < -0.3 is 0 Å². The van der Waals surface area contributed by atoms with Gasteiger partial charge in [0.15, 0.2) is 0 Å². The highest BCUT2D eigenvalue weighted by Crippen LogP contribution is 2.47. The fourth-order valence-corrected chi connectivity index (χ4v) is 2.38. The summed E-state index contributed by atoms with van der Waals surface area (Å²) in [5, 5.41) is 0.377. The molecule has 2 nitrogen and oxygen atoms in total. The molecule has 0 radical (unpaired) electrons. The second-order valence-electron chi connectivity index (χ2n) is 4.15. The minimum atomic E-state index is -0.586. The second-order valence-corrected chi connectivity index (χ2v) is 4.56. The Hall–Kier alpha value is -1.18. The predicted molar refractivity (Wildman–Crippen MR) is 59.8 cm³/mol. The van der Waals surface area contributed by atoms with Gasteiger partial charge in [0.25, 0.3) is 0 Å². The topological polar surface area (TPSA) is 29.4 Å². The van der Waals surface area contributed by atoms with Gasteiger partial charge in [-0.05, 0) is 49.4 Å². The van der Waals surface area contributed by atoms with Gasteiger partial charge in [0.2, 0.25) is 6.08 Å². The molecule has 84 valence electrons. The average Bonchev–Trinajstić information content (AvgIpc) is 2.17. The van der Waals surface area contributed by atoms with E-state index in [1.54, 1.807) is 6.08 Å². The Balaban J connectivity index is 2.58. The fourth-order valence-electron chi connectivity index (χ4n) is 2.17. The number of rotatable bonds is 2. The van der Waals surface area contributed by atoms with Crippen LogP contribution in [0.2, 0.25) is 5.02 Å². The Kier molecular flexibility index (Phi) is 2.83. The van der Waals surface area contributed by atoms with Crippen LogP contribution < -0.4 is 0 Å². The first-order valence-corrected chi connectivity index (χ1v) is 5.52. The van der Waals surface area contributed by atoms with Crippen LogP contribution >= 0.6 is 11.6 Å². The molecule has 0 aliphatic heterocycles. The molecule has 0 bridgehead atoms. The number of hydrogen-bond donors (Lipinski definition) is 0. The van der Waals surface area contributed by atoms with Crippen molar-refractivity contribution in [2.45, 2.75) is 31.7 Å². The summed E-state index contributed by atoms with van der Waals surface area (Å²) in [5.74, 6) is -0.391. The van der Waals surface area contributed by atoms with Crippen LogP contribution in [-0.4, -0.2) is 6.08 Å². The summed E-state index contributed by atoms with van der Waals surface area (Å²) >= 11 is 5.93. The number of benzene rings is 1. The van der Waals surface area contributed by atoms with Gasteiger partial charge in [-0.15, -0.1) is 0 Å². The summed E-state index contributed by atoms with van der Waals surface area (Å²) in [6, 6.07) is 2.69. The van der Waals surface area contributed by atoms with E-state index >= 15 is 0 Å². The predicted octanol–water partition coefficient (Wildman–Crippen LogP) is 3.50. The van der Waals surface area contributed by atoms with E-state index in [4.69, 9.17) is 11.6 Å². The van der Waals surface area contributed by atoms with Crippen LogP contribution in [0.25, 0.3) is 0 Å². The second kappa shape index (κ2) is 4.00. The van der Waals surface area contributed by atoms with Crippen molar-refractivity contribution in [2.75, 3.05) is 0 Å². The van der Waals surface area contributed by atoms with E-state index in [0.717, 1.165) is 24.8 Å². The molecule has 4 heteroatoms. The van der Waals surface area contributed by atoms with Crippen molar-refractivity contribution >= 4 is 17.7 Å². The zero-order chi connectivity index (χ0) is 11.8. The molecule has 1 fully saturated rings. The molecular formula is C12H11ClFNO. The van der Waals surface area contributed by atoms with Crippen molar-refractivity contribution in [1.29, 1.82) is 0 Å². The number of carbonyl (C=O) groups excluding carboxylic acids is 1. The molecule has 0 saturated heterocycles. The first-order valence-electron chi connectivity index (χ1n) is 5.14. The molecule has 1 aromatic rings. The number of hydrogen-bond acceptors (Lipinski definition) is 2. The van der Waals surface area contributed by atoms with E-state index in [-0.39, 0.29) is 0 Å². The van der Waals surface area contributed by atoms with Crippen LogP contribution in [0.4, 0.5) is 4.39 Å². The van der Waals surface area contributed by atoms with Crippen molar-refractivity contribution in [2.24, 2.45) is 4.99 Å². The lowest BCUT2D eigenvalue weighted by Crippen LogP contribution is -2.32. The van der Waals surface area contributed by atoms with Gasteiger partial charge in [0.05, 0.1) is 5.54 Å². The largest absolute Gasteiger partial charge is 0.235 e. The summed E-state index contributed by atoms with van der Waals surface area (Å²) in [7, 11) is 0. The van der Waals surface area contributed by atoms with Crippen molar-refractivity contribution in [3.63, 3.8) is 0 Å². The first-order chi connectivity index (χ1) is 7.59. The quantitative estimate of drug-likeness (QED) is 0.574. The average molecular weight is 240 g/mol. The van der Waals surface area contributed by atoms with Crippen molar-refractivity contribution in [3.05, 3.63) is 34.1 Å². The number of halogens is 2. The SMILES string of the molecule is Cc1c(Cl)cc(F)cc1C1(N=C=O)CCC1. The highest BCUT2D eigenvalue weighted by molar-refractivity contribution is 6.31. The van der Waals surface area contributed by atoms with Gasteiger partial charge in [-0.2, -0.15) is 4.99 Å². The summed E-state index contributed by atoms with van der Waals surface area (Å²) in [5.41, 5.74) is 0.922. The first kappa shape index (κ1) is 11.3. The van der Waals surface area contributed by atoms with Crippen molar-refractivity contribution in [1.82, 2.24) is 0 Å². The summed E-state index contributed by atoms with van der Waals surface area (Å²) in [4.78, 5) is 14.3. The van der Waals surface area contributed by atoms with Crippen molar-refractivity contribution < 1.29 is 9.18 Å². The molecular weight excluding hydrogens is 229 g/mol. The Bertz CT molecular complexity index is 476. The molecule has 0 atom stereocenters. The minimum absolute atomic E-state index is 0.377. The Morgan fingerprint density at radius 3 is 2.69 bits per heavy atom. The molecule has 16 heavy (non-hydrogen) atoms. The third-order valence-electron chi connectivity index (χ3n) is 3.25. The van der Waals surface area contributed by atoms with E-state index in [9.17, 15) is 9.18 Å². The molecule has 0 unspecified atom stereocenters. The molecule has 1 aliphatic rings. The fraction of sp³-hybridized carbons (Fsp3) is 0.417. The highest BCUT2D eigenvalue weighted by Gasteiger charge is 2.40. The Morgan fingerprint density at radius 2 is 2.19 bits per heavy atom. The smallest absolute Gasteiger partial charge is 0.211 e. The molecule has 0 N–H and O–H groups in total. The van der Waals surface area contributed by atoms with Crippen LogP contribution in [0, 0.1) is 12.7 Å². The van der Waals surface area contributed by atoms with Crippen LogP contribution in [0.1, 0.15) is 30.4 Å². The monoisotopic (exact) mass is 239 g/mol. The van der Waals surface area contributed by atoms with Crippen LogP contribution in [-0.2, 0) is 10.3 Å². The molecule has 1 aromatic carbocycles. The van der Waals surface area contributed by atoms with Gasteiger partial charge in [0, 0.05) is 5.02 Å². The van der Waals surface area contributed by atoms with Gasteiger partial charge in [-0.25, -0.2) is 9.18 Å². The van der Waals surface area contributed by atoms with Gasteiger partial charge in [-0.3, -0.25) is 0 Å². The maximum atomic E-state index is 13.3. The lowest BCUT2D eigenvalue weighted by atomic mass is 9.71. The number of aliphatic imine (C=N–C) groups is 1. The zero-order valence-corrected chi connectivity index (χ0v) is 9.64. The van der Waals surface area contributed by atoms with Crippen LogP contribution in [0.5, 0.6) is 0 Å². The Morgan fingerprint density at radius 1 is 1.50 bits per heavy atom.